The number of para-hydroxylation sites is 1. The van der Waals surface area contributed by atoms with Gasteiger partial charge in [-0.3, -0.25) is 9.69 Å². The zero-order valence-corrected chi connectivity index (χ0v) is 16.3. The zero-order chi connectivity index (χ0) is 19.4. The molecule has 1 amide bonds. The Balaban J connectivity index is 1.85. The van der Waals surface area contributed by atoms with Gasteiger partial charge < -0.3 is 19.1 Å². The lowest BCUT2D eigenvalue weighted by Gasteiger charge is -2.40. The number of rotatable bonds is 5. The average molecular weight is 370 g/mol. The second kappa shape index (κ2) is 8.31. The summed E-state index contributed by atoms with van der Waals surface area (Å²) in [4.78, 5) is 17.2. The summed E-state index contributed by atoms with van der Waals surface area (Å²) in [6.07, 6.45) is 0. The Labute approximate surface area is 160 Å². The second-order valence-electron chi connectivity index (χ2n) is 6.56. The molecule has 0 radical (unpaired) electrons. The molecule has 6 heteroatoms. The molecule has 0 aliphatic carbocycles. The van der Waals surface area contributed by atoms with Gasteiger partial charge >= 0.3 is 0 Å². The predicted octanol–water partition coefficient (Wildman–Crippen LogP) is 2.84. The van der Waals surface area contributed by atoms with Crippen LogP contribution < -0.4 is 14.2 Å². The smallest absolute Gasteiger partial charge is 0.257 e. The quantitative estimate of drug-likeness (QED) is 0.810. The third kappa shape index (κ3) is 3.85. The van der Waals surface area contributed by atoms with Crippen LogP contribution in [0.25, 0.3) is 0 Å². The van der Waals surface area contributed by atoms with Crippen molar-refractivity contribution in [2.24, 2.45) is 0 Å². The normalized spacial score (nSPS) is 17.5. The van der Waals surface area contributed by atoms with E-state index in [1.807, 2.05) is 47.4 Å². The first kappa shape index (κ1) is 19.0. The largest absolute Gasteiger partial charge is 0.496 e. The lowest BCUT2D eigenvalue weighted by Crippen LogP contribution is -2.49. The van der Waals surface area contributed by atoms with Gasteiger partial charge in [0, 0.05) is 19.6 Å². The van der Waals surface area contributed by atoms with Crippen LogP contribution in [0.4, 0.5) is 0 Å². The Kier molecular flexibility index (Phi) is 5.86. The van der Waals surface area contributed by atoms with Crippen LogP contribution in [-0.4, -0.2) is 63.7 Å². The van der Waals surface area contributed by atoms with E-state index in [0.717, 1.165) is 12.1 Å². The van der Waals surface area contributed by atoms with Crippen molar-refractivity contribution < 1.29 is 19.0 Å². The van der Waals surface area contributed by atoms with Gasteiger partial charge in [0.15, 0.2) is 11.5 Å². The van der Waals surface area contributed by atoms with Gasteiger partial charge in [-0.25, -0.2) is 0 Å². The maximum Gasteiger partial charge on any atom is 0.257 e. The summed E-state index contributed by atoms with van der Waals surface area (Å²) in [5, 5.41) is 0. The molecule has 1 saturated heterocycles. The molecule has 3 rings (SSSR count). The zero-order valence-electron chi connectivity index (χ0n) is 16.3. The number of ether oxygens (including phenoxy) is 3. The summed E-state index contributed by atoms with van der Waals surface area (Å²) in [5.74, 6) is 1.98. The summed E-state index contributed by atoms with van der Waals surface area (Å²) in [6.45, 7) is 2.07. The highest BCUT2D eigenvalue weighted by molar-refractivity contribution is 5.97. The van der Waals surface area contributed by atoms with Crippen LogP contribution in [0.2, 0.25) is 0 Å². The Morgan fingerprint density at radius 2 is 1.63 bits per heavy atom. The Morgan fingerprint density at radius 1 is 0.926 bits per heavy atom. The van der Waals surface area contributed by atoms with Crippen LogP contribution in [-0.2, 0) is 0 Å². The van der Waals surface area contributed by atoms with E-state index in [1.165, 1.54) is 0 Å². The van der Waals surface area contributed by atoms with Gasteiger partial charge in [-0.2, -0.15) is 0 Å². The molecule has 1 heterocycles. The first-order valence-corrected chi connectivity index (χ1v) is 8.93. The van der Waals surface area contributed by atoms with Crippen molar-refractivity contribution in [3.8, 4) is 17.2 Å². The average Bonchev–Trinajstić information content (AvgIpc) is 2.73. The highest BCUT2D eigenvalue weighted by atomic mass is 16.5. The predicted molar refractivity (Wildman–Crippen MR) is 104 cm³/mol. The fourth-order valence-electron chi connectivity index (χ4n) is 3.47. The van der Waals surface area contributed by atoms with Crippen molar-refractivity contribution in [3.63, 3.8) is 0 Å². The molecule has 144 valence electrons. The summed E-state index contributed by atoms with van der Waals surface area (Å²) >= 11 is 0. The highest BCUT2D eigenvalue weighted by Gasteiger charge is 2.30. The monoisotopic (exact) mass is 370 g/mol. The Hall–Kier alpha value is -2.73. The SMILES string of the molecule is COc1ccc(C2CN(C(=O)c3ccccc3OC)CCN2C)cc1OC. The van der Waals surface area contributed by atoms with Gasteiger partial charge in [-0.05, 0) is 36.9 Å². The number of carbonyl (C=O) groups is 1. The second-order valence-corrected chi connectivity index (χ2v) is 6.56. The van der Waals surface area contributed by atoms with E-state index in [9.17, 15) is 4.79 Å². The van der Waals surface area contributed by atoms with E-state index < -0.39 is 0 Å². The molecule has 27 heavy (non-hydrogen) atoms. The first-order valence-electron chi connectivity index (χ1n) is 8.93. The Bertz CT molecular complexity index is 809. The van der Waals surface area contributed by atoms with Crippen LogP contribution in [0.3, 0.4) is 0 Å². The minimum absolute atomic E-state index is 0.00831. The van der Waals surface area contributed by atoms with Crippen molar-refractivity contribution in [1.29, 1.82) is 0 Å². The van der Waals surface area contributed by atoms with Gasteiger partial charge in [0.1, 0.15) is 5.75 Å². The van der Waals surface area contributed by atoms with E-state index in [-0.39, 0.29) is 11.9 Å². The van der Waals surface area contributed by atoms with Crippen molar-refractivity contribution in [1.82, 2.24) is 9.80 Å². The lowest BCUT2D eigenvalue weighted by atomic mass is 10.0. The molecule has 1 aliphatic heterocycles. The van der Waals surface area contributed by atoms with Crippen LogP contribution in [0.15, 0.2) is 42.5 Å². The molecular weight excluding hydrogens is 344 g/mol. The molecule has 6 nitrogen and oxygen atoms in total. The van der Waals surface area contributed by atoms with Crippen LogP contribution in [0.5, 0.6) is 17.2 Å². The molecule has 0 bridgehead atoms. The number of methoxy groups -OCH3 is 3. The molecule has 1 atom stereocenters. The fourth-order valence-corrected chi connectivity index (χ4v) is 3.47. The number of hydrogen-bond acceptors (Lipinski definition) is 5. The summed E-state index contributed by atoms with van der Waals surface area (Å²) in [7, 11) is 6.91. The first-order chi connectivity index (χ1) is 13.1. The number of amides is 1. The summed E-state index contributed by atoms with van der Waals surface area (Å²) < 4.78 is 16.1. The van der Waals surface area contributed by atoms with Crippen molar-refractivity contribution in [2.75, 3.05) is 48.0 Å². The molecule has 0 saturated carbocycles. The number of hydrogen-bond donors (Lipinski definition) is 0. The number of carbonyl (C=O) groups excluding carboxylic acids is 1. The fraction of sp³-hybridized carbons (Fsp3) is 0.381. The third-order valence-corrected chi connectivity index (χ3v) is 5.06. The van der Waals surface area contributed by atoms with Crippen LogP contribution in [0, 0.1) is 0 Å². The van der Waals surface area contributed by atoms with Gasteiger partial charge in [0.2, 0.25) is 0 Å². The van der Waals surface area contributed by atoms with Crippen molar-refractivity contribution >= 4 is 5.91 Å². The molecule has 2 aromatic carbocycles. The molecular formula is C21H26N2O4. The number of piperazine rings is 1. The van der Waals surface area contributed by atoms with E-state index in [0.29, 0.717) is 35.9 Å². The van der Waals surface area contributed by atoms with Crippen molar-refractivity contribution in [3.05, 3.63) is 53.6 Å². The maximum absolute atomic E-state index is 13.1. The summed E-state index contributed by atoms with van der Waals surface area (Å²) in [5.41, 5.74) is 1.68. The van der Waals surface area contributed by atoms with Gasteiger partial charge in [-0.15, -0.1) is 0 Å². The maximum atomic E-state index is 13.1. The highest BCUT2D eigenvalue weighted by Crippen LogP contribution is 2.33. The van der Waals surface area contributed by atoms with Gasteiger partial charge in [0.25, 0.3) is 5.91 Å². The summed E-state index contributed by atoms with van der Waals surface area (Å²) in [6, 6.07) is 13.3. The van der Waals surface area contributed by atoms with Crippen LogP contribution >= 0.6 is 0 Å². The molecule has 0 spiro atoms. The molecule has 0 aromatic heterocycles. The standard InChI is InChI=1S/C21H26N2O4/c1-22-11-12-23(21(24)16-7-5-6-8-18(16)25-2)14-17(22)15-9-10-19(26-3)20(13-15)27-4/h5-10,13,17H,11-12,14H2,1-4H3. The lowest BCUT2D eigenvalue weighted by molar-refractivity contribution is 0.0543. The molecule has 1 fully saturated rings. The molecule has 1 aliphatic rings. The third-order valence-electron chi connectivity index (χ3n) is 5.06. The van der Waals surface area contributed by atoms with E-state index in [2.05, 4.69) is 11.9 Å². The molecule has 0 N–H and O–H groups in total. The Morgan fingerprint density at radius 3 is 2.33 bits per heavy atom. The molecule has 1 unspecified atom stereocenters. The van der Waals surface area contributed by atoms with Gasteiger partial charge in [0.05, 0.1) is 32.9 Å². The number of nitrogens with zero attached hydrogens (tertiary/aromatic N) is 2. The molecule has 2 aromatic rings. The van der Waals surface area contributed by atoms with E-state index >= 15 is 0 Å². The van der Waals surface area contributed by atoms with Crippen molar-refractivity contribution in [2.45, 2.75) is 6.04 Å². The van der Waals surface area contributed by atoms with Crippen LogP contribution in [0.1, 0.15) is 22.0 Å². The minimum atomic E-state index is -0.00831. The number of likely N-dealkylation sites (N-methyl/N-ethyl adjacent to an activating group) is 1. The topological polar surface area (TPSA) is 51.2 Å². The van der Waals surface area contributed by atoms with E-state index in [4.69, 9.17) is 14.2 Å². The van der Waals surface area contributed by atoms with E-state index in [1.54, 1.807) is 21.3 Å². The number of benzene rings is 2. The van der Waals surface area contributed by atoms with Gasteiger partial charge in [-0.1, -0.05) is 18.2 Å². The minimum Gasteiger partial charge on any atom is -0.496 e.